The van der Waals surface area contributed by atoms with Gasteiger partial charge in [0.25, 0.3) is 5.91 Å². The molecule has 6 nitrogen and oxygen atoms in total. The van der Waals surface area contributed by atoms with Crippen LogP contribution in [0.1, 0.15) is 6.92 Å². The van der Waals surface area contributed by atoms with Crippen LogP contribution in [0.5, 0.6) is 0 Å². The number of ether oxygens (including phenoxy) is 1. The van der Waals surface area contributed by atoms with E-state index in [0.717, 1.165) is 15.2 Å². The largest absolute Gasteiger partial charge is 0.452 e. The number of nitrogens with zero attached hydrogens (tertiary/aromatic N) is 3. The van der Waals surface area contributed by atoms with Crippen molar-refractivity contribution in [3.63, 3.8) is 0 Å². The maximum Gasteiger partial charge on any atom is 0.317 e. The van der Waals surface area contributed by atoms with Gasteiger partial charge in [0, 0.05) is 19.5 Å². The van der Waals surface area contributed by atoms with Crippen LogP contribution in [-0.2, 0) is 14.3 Å². The molecule has 0 aliphatic rings. The molecule has 0 saturated heterocycles. The molecular formula is C13H15N3O3S2. The average Bonchev–Trinajstić information content (AvgIpc) is 2.92. The van der Waals surface area contributed by atoms with E-state index in [1.165, 1.54) is 34.3 Å². The number of thioether (sulfide) groups is 1. The predicted octanol–water partition coefficient (Wildman–Crippen LogP) is 1.80. The fourth-order valence-corrected chi connectivity index (χ4v) is 3.22. The van der Waals surface area contributed by atoms with Crippen molar-refractivity contribution in [2.24, 2.45) is 0 Å². The van der Waals surface area contributed by atoms with E-state index < -0.39 is 12.1 Å². The second-order valence-electron chi connectivity index (χ2n) is 4.47. The number of carbonyl (C=O) groups excluding carboxylic acids is 2. The quantitative estimate of drug-likeness (QED) is 0.474. The molecule has 2 rings (SSSR count). The number of hydrogen-bond acceptors (Lipinski definition) is 7. The number of hydrogen-bond donors (Lipinski definition) is 0. The first-order valence-electron chi connectivity index (χ1n) is 6.20. The number of esters is 1. The Labute approximate surface area is 130 Å². The standard InChI is InChI=1S/C13H15N3O3S2/c1-8(13(18)16(2)3)19-10(17)6-21-12-9-4-5-20-11(9)14-7-15-12/h4-5,7-8H,6H2,1-3H3/t8-/m0/s1. The third-order valence-corrected chi connectivity index (χ3v) is 4.45. The third kappa shape index (κ3) is 3.92. The summed E-state index contributed by atoms with van der Waals surface area (Å²) in [5.41, 5.74) is 0. The maximum absolute atomic E-state index is 11.8. The lowest BCUT2D eigenvalue weighted by molar-refractivity contribution is -0.155. The van der Waals surface area contributed by atoms with E-state index in [9.17, 15) is 9.59 Å². The fraction of sp³-hybridized carbons (Fsp3) is 0.385. The molecule has 112 valence electrons. The van der Waals surface area contributed by atoms with E-state index in [2.05, 4.69) is 9.97 Å². The van der Waals surface area contributed by atoms with Crippen LogP contribution in [0.3, 0.4) is 0 Å². The Hall–Kier alpha value is -1.67. The molecule has 0 bridgehead atoms. The zero-order valence-electron chi connectivity index (χ0n) is 11.9. The van der Waals surface area contributed by atoms with Crippen molar-refractivity contribution >= 4 is 45.2 Å². The van der Waals surface area contributed by atoms with Gasteiger partial charge in [0.05, 0.1) is 5.75 Å². The van der Waals surface area contributed by atoms with E-state index in [-0.39, 0.29) is 11.7 Å². The van der Waals surface area contributed by atoms with Gasteiger partial charge in [-0.15, -0.1) is 11.3 Å². The first-order chi connectivity index (χ1) is 9.99. The van der Waals surface area contributed by atoms with Crippen LogP contribution in [0.4, 0.5) is 0 Å². The summed E-state index contributed by atoms with van der Waals surface area (Å²) >= 11 is 2.80. The van der Waals surface area contributed by atoms with Crippen molar-refractivity contribution in [2.75, 3.05) is 19.8 Å². The molecule has 2 aromatic heterocycles. The van der Waals surface area contributed by atoms with E-state index in [1.807, 2.05) is 11.4 Å². The summed E-state index contributed by atoms with van der Waals surface area (Å²) in [5, 5.41) is 3.60. The molecule has 2 aromatic rings. The zero-order chi connectivity index (χ0) is 15.4. The van der Waals surface area contributed by atoms with Gasteiger partial charge in [0.1, 0.15) is 16.2 Å². The van der Waals surface area contributed by atoms with Gasteiger partial charge in [-0.05, 0) is 18.4 Å². The van der Waals surface area contributed by atoms with Crippen LogP contribution in [0, 0.1) is 0 Å². The lowest BCUT2D eigenvalue weighted by atomic mass is 10.3. The van der Waals surface area contributed by atoms with Crippen LogP contribution in [-0.4, -0.2) is 52.7 Å². The van der Waals surface area contributed by atoms with Crippen LogP contribution in [0.2, 0.25) is 0 Å². The molecule has 0 fully saturated rings. The highest BCUT2D eigenvalue weighted by Gasteiger charge is 2.19. The maximum atomic E-state index is 11.8. The Morgan fingerprint density at radius 2 is 2.19 bits per heavy atom. The smallest absolute Gasteiger partial charge is 0.317 e. The molecule has 0 aliphatic heterocycles. The second kappa shape index (κ2) is 6.86. The molecule has 2 heterocycles. The van der Waals surface area contributed by atoms with Crippen molar-refractivity contribution < 1.29 is 14.3 Å². The van der Waals surface area contributed by atoms with E-state index in [1.54, 1.807) is 21.0 Å². The molecule has 21 heavy (non-hydrogen) atoms. The normalized spacial score (nSPS) is 12.1. The first kappa shape index (κ1) is 15.7. The number of amides is 1. The van der Waals surface area contributed by atoms with Gasteiger partial charge < -0.3 is 9.64 Å². The Morgan fingerprint density at radius 3 is 2.90 bits per heavy atom. The molecule has 0 N–H and O–H groups in total. The summed E-state index contributed by atoms with van der Waals surface area (Å²) < 4.78 is 5.10. The van der Waals surface area contributed by atoms with Crippen molar-refractivity contribution in [3.05, 3.63) is 17.8 Å². The lowest BCUT2D eigenvalue weighted by Gasteiger charge is -2.17. The minimum absolute atomic E-state index is 0.104. The molecule has 0 aromatic carbocycles. The Kier molecular flexibility index (Phi) is 5.13. The molecule has 1 atom stereocenters. The monoisotopic (exact) mass is 325 g/mol. The van der Waals surface area contributed by atoms with E-state index in [4.69, 9.17) is 4.74 Å². The summed E-state index contributed by atoms with van der Waals surface area (Å²) in [6, 6.07) is 1.92. The summed E-state index contributed by atoms with van der Waals surface area (Å²) in [4.78, 5) is 34.0. The fourth-order valence-electron chi connectivity index (χ4n) is 1.65. The number of aromatic nitrogens is 2. The topological polar surface area (TPSA) is 72.4 Å². The van der Waals surface area contributed by atoms with Crippen molar-refractivity contribution in [1.29, 1.82) is 0 Å². The van der Waals surface area contributed by atoms with Crippen molar-refractivity contribution in [2.45, 2.75) is 18.1 Å². The first-order valence-corrected chi connectivity index (χ1v) is 8.07. The predicted molar refractivity (Wildman–Crippen MR) is 82.4 cm³/mol. The average molecular weight is 325 g/mol. The van der Waals surface area contributed by atoms with Gasteiger partial charge in [-0.2, -0.15) is 0 Å². The van der Waals surface area contributed by atoms with Crippen LogP contribution in [0.15, 0.2) is 22.8 Å². The van der Waals surface area contributed by atoms with Gasteiger partial charge >= 0.3 is 5.97 Å². The van der Waals surface area contributed by atoms with E-state index >= 15 is 0 Å². The van der Waals surface area contributed by atoms with E-state index in [0.29, 0.717) is 0 Å². The van der Waals surface area contributed by atoms with Gasteiger partial charge in [0.2, 0.25) is 0 Å². The number of rotatable bonds is 5. The highest BCUT2D eigenvalue weighted by molar-refractivity contribution is 8.00. The summed E-state index contributed by atoms with van der Waals surface area (Å²) in [5.74, 6) is -0.576. The molecular weight excluding hydrogens is 310 g/mol. The number of thiophene rings is 1. The molecule has 0 radical (unpaired) electrons. The summed E-state index contributed by atoms with van der Waals surface area (Å²) in [6.07, 6.45) is 0.699. The minimum Gasteiger partial charge on any atom is -0.452 e. The van der Waals surface area contributed by atoms with Crippen molar-refractivity contribution in [1.82, 2.24) is 14.9 Å². The Bertz CT molecular complexity index is 657. The van der Waals surface area contributed by atoms with Gasteiger partial charge in [-0.25, -0.2) is 9.97 Å². The highest BCUT2D eigenvalue weighted by atomic mass is 32.2. The second-order valence-corrected chi connectivity index (χ2v) is 6.33. The molecule has 0 saturated carbocycles. The highest BCUT2D eigenvalue weighted by Crippen LogP contribution is 2.27. The third-order valence-electron chi connectivity index (χ3n) is 2.65. The minimum atomic E-state index is -0.778. The molecule has 0 spiro atoms. The van der Waals surface area contributed by atoms with Crippen LogP contribution >= 0.6 is 23.1 Å². The summed E-state index contributed by atoms with van der Waals surface area (Å²) in [7, 11) is 3.24. The SMILES string of the molecule is C[C@H](OC(=O)CSc1ncnc2sccc12)C(=O)N(C)C. The molecule has 8 heteroatoms. The van der Waals surface area contributed by atoms with Crippen LogP contribution in [0.25, 0.3) is 10.2 Å². The lowest BCUT2D eigenvalue weighted by Crippen LogP contribution is -2.35. The summed E-state index contributed by atoms with van der Waals surface area (Å²) in [6.45, 7) is 1.56. The number of carbonyl (C=O) groups is 2. The van der Waals surface area contributed by atoms with Gasteiger partial charge in [-0.3, -0.25) is 9.59 Å². The molecule has 1 amide bonds. The number of fused-ring (bicyclic) bond motifs is 1. The number of likely N-dealkylation sites (N-methyl/N-ethyl adjacent to an activating group) is 1. The van der Waals surface area contributed by atoms with Crippen LogP contribution < -0.4 is 0 Å². The van der Waals surface area contributed by atoms with Gasteiger partial charge in [0.15, 0.2) is 6.10 Å². The van der Waals surface area contributed by atoms with Crippen molar-refractivity contribution in [3.8, 4) is 0 Å². The Balaban J connectivity index is 1.92. The molecule has 0 unspecified atom stereocenters. The zero-order valence-corrected chi connectivity index (χ0v) is 13.5. The molecule has 0 aliphatic carbocycles. The van der Waals surface area contributed by atoms with Gasteiger partial charge in [-0.1, -0.05) is 11.8 Å². The Morgan fingerprint density at radius 1 is 1.43 bits per heavy atom.